The number of rotatable bonds is 5. The van der Waals surface area contributed by atoms with Crippen molar-refractivity contribution in [3.05, 3.63) is 70.5 Å². The molecular weight excluding hydrogens is 318 g/mol. The van der Waals surface area contributed by atoms with Crippen LogP contribution in [0.25, 0.3) is 10.9 Å². The van der Waals surface area contributed by atoms with Crippen LogP contribution < -0.4 is 16.2 Å². The zero-order chi connectivity index (χ0) is 17.8. The molecule has 3 aromatic rings. The van der Waals surface area contributed by atoms with Crippen molar-refractivity contribution in [2.45, 2.75) is 0 Å². The number of carbonyl (C=O) groups excluding carboxylic acids is 1. The van der Waals surface area contributed by atoms with Gasteiger partial charge in [0.25, 0.3) is 11.5 Å². The van der Waals surface area contributed by atoms with Gasteiger partial charge in [-0.05, 0) is 36.4 Å². The smallest absolute Gasteiger partial charge is 0.263 e. The lowest BCUT2D eigenvalue weighted by molar-refractivity contribution is 0.102. The molecule has 0 aliphatic rings. The third-order valence-electron chi connectivity index (χ3n) is 3.94. The van der Waals surface area contributed by atoms with Crippen LogP contribution in [0.2, 0.25) is 0 Å². The Balaban J connectivity index is 2.00. The molecule has 0 aliphatic carbocycles. The van der Waals surface area contributed by atoms with Crippen molar-refractivity contribution in [1.82, 2.24) is 4.57 Å². The number of aliphatic hydroxyl groups is 1. The molecule has 0 unspecified atom stereocenters. The van der Waals surface area contributed by atoms with E-state index >= 15 is 0 Å². The molecule has 1 aromatic heterocycles. The summed E-state index contributed by atoms with van der Waals surface area (Å²) in [5.41, 5.74) is 1.91. The molecule has 6 heteroatoms. The van der Waals surface area contributed by atoms with Crippen LogP contribution in [0.5, 0.6) is 0 Å². The Kier molecular flexibility index (Phi) is 4.81. The fraction of sp³-hybridized carbons (Fsp3) is 0.158. The van der Waals surface area contributed by atoms with E-state index in [1.807, 2.05) is 36.4 Å². The number of nitrogens with zero attached hydrogens (tertiary/aromatic N) is 1. The van der Waals surface area contributed by atoms with E-state index in [2.05, 4.69) is 10.6 Å². The first-order valence-corrected chi connectivity index (χ1v) is 7.95. The van der Waals surface area contributed by atoms with E-state index < -0.39 is 5.91 Å². The van der Waals surface area contributed by atoms with E-state index in [4.69, 9.17) is 5.11 Å². The predicted molar refractivity (Wildman–Crippen MR) is 99.2 cm³/mol. The van der Waals surface area contributed by atoms with Gasteiger partial charge < -0.3 is 20.3 Å². The van der Waals surface area contributed by atoms with Gasteiger partial charge in [-0.2, -0.15) is 0 Å². The molecule has 0 saturated carbocycles. The lowest BCUT2D eigenvalue weighted by Gasteiger charge is -2.11. The molecule has 0 atom stereocenters. The van der Waals surface area contributed by atoms with Gasteiger partial charge in [0.2, 0.25) is 0 Å². The summed E-state index contributed by atoms with van der Waals surface area (Å²) in [6.45, 7) is 0.453. The minimum Gasteiger partial charge on any atom is -0.395 e. The molecule has 3 rings (SSSR count). The molecule has 2 aromatic carbocycles. The second kappa shape index (κ2) is 7.19. The van der Waals surface area contributed by atoms with E-state index in [1.165, 1.54) is 4.57 Å². The summed E-state index contributed by atoms with van der Waals surface area (Å²) in [5.74, 6) is -0.442. The van der Waals surface area contributed by atoms with E-state index in [0.717, 1.165) is 16.6 Å². The van der Waals surface area contributed by atoms with Gasteiger partial charge in [0.15, 0.2) is 0 Å². The Bertz CT molecular complexity index is 965. The molecule has 0 aliphatic heterocycles. The van der Waals surface area contributed by atoms with Crippen molar-refractivity contribution in [1.29, 1.82) is 0 Å². The van der Waals surface area contributed by atoms with E-state index in [1.54, 1.807) is 25.2 Å². The van der Waals surface area contributed by atoms with E-state index in [0.29, 0.717) is 12.2 Å². The molecule has 1 amide bonds. The summed E-state index contributed by atoms with van der Waals surface area (Å²) in [7, 11) is 1.64. The number of nitrogens with one attached hydrogen (secondary N) is 2. The highest BCUT2D eigenvalue weighted by atomic mass is 16.3. The van der Waals surface area contributed by atoms with Crippen LogP contribution >= 0.6 is 0 Å². The Morgan fingerprint density at radius 1 is 1.08 bits per heavy atom. The van der Waals surface area contributed by atoms with Gasteiger partial charge in [0, 0.05) is 30.4 Å². The van der Waals surface area contributed by atoms with Crippen LogP contribution in [0.15, 0.2) is 59.4 Å². The summed E-state index contributed by atoms with van der Waals surface area (Å²) >= 11 is 0. The van der Waals surface area contributed by atoms with Gasteiger partial charge in [0.05, 0.1) is 12.1 Å². The van der Waals surface area contributed by atoms with Gasteiger partial charge in [-0.15, -0.1) is 0 Å². The number of aromatic nitrogens is 1. The molecule has 0 radical (unpaired) electrons. The number of carbonyl (C=O) groups is 1. The minimum atomic E-state index is -0.442. The molecule has 1 heterocycles. The summed E-state index contributed by atoms with van der Waals surface area (Å²) in [6, 6.07) is 16.1. The fourth-order valence-electron chi connectivity index (χ4n) is 2.68. The normalized spacial score (nSPS) is 10.6. The Morgan fingerprint density at radius 2 is 1.84 bits per heavy atom. The molecule has 128 valence electrons. The minimum absolute atomic E-state index is 0.0239. The van der Waals surface area contributed by atoms with Gasteiger partial charge in [0.1, 0.15) is 5.56 Å². The van der Waals surface area contributed by atoms with Gasteiger partial charge in [-0.3, -0.25) is 9.59 Å². The average molecular weight is 337 g/mol. The van der Waals surface area contributed by atoms with Gasteiger partial charge in [-0.1, -0.05) is 18.2 Å². The number of aryl methyl sites for hydroxylation is 1. The molecule has 6 nitrogen and oxygen atoms in total. The third kappa shape index (κ3) is 3.54. The van der Waals surface area contributed by atoms with Crippen molar-refractivity contribution < 1.29 is 9.90 Å². The van der Waals surface area contributed by atoms with E-state index in [-0.39, 0.29) is 17.7 Å². The first-order valence-electron chi connectivity index (χ1n) is 7.95. The Morgan fingerprint density at radius 3 is 2.56 bits per heavy atom. The van der Waals surface area contributed by atoms with E-state index in [9.17, 15) is 9.59 Å². The number of aliphatic hydroxyl groups excluding tert-OH is 1. The maximum Gasteiger partial charge on any atom is 0.263 e. The number of hydrogen-bond donors (Lipinski definition) is 3. The molecule has 0 saturated heterocycles. The molecule has 0 fully saturated rings. The molecule has 0 bridgehead atoms. The van der Waals surface area contributed by atoms with Crippen LogP contribution in [0.1, 0.15) is 10.4 Å². The third-order valence-corrected chi connectivity index (χ3v) is 3.94. The van der Waals surface area contributed by atoms with Crippen molar-refractivity contribution in [3.8, 4) is 0 Å². The van der Waals surface area contributed by atoms with Crippen LogP contribution in [-0.2, 0) is 7.05 Å². The zero-order valence-electron chi connectivity index (χ0n) is 13.8. The first kappa shape index (κ1) is 16.7. The topological polar surface area (TPSA) is 83.4 Å². The highest BCUT2D eigenvalue weighted by Gasteiger charge is 2.14. The highest BCUT2D eigenvalue weighted by Crippen LogP contribution is 2.19. The fourth-order valence-corrected chi connectivity index (χ4v) is 2.68. The molecular formula is C19H19N3O3. The zero-order valence-corrected chi connectivity index (χ0v) is 13.8. The number of anilines is 2. The summed E-state index contributed by atoms with van der Waals surface area (Å²) in [5, 5.41) is 15.5. The number of para-hydroxylation sites is 1. The second-order valence-corrected chi connectivity index (χ2v) is 5.67. The predicted octanol–water partition coefficient (Wildman–Crippen LogP) is 2.20. The monoisotopic (exact) mass is 337 g/mol. The molecule has 25 heavy (non-hydrogen) atoms. The summed E-state index contributed by atoms with van der Waals surface area (Å²) in [6.07, 6.45) is 0. The summed E-state index contributed by atoms with van der Waals surface area (Å²) in [4.78, 5) is 25.0. The maximum absolute atomic E-state index is 12.5. The number of hydrogen-bond acceptors (Lipinski definition) is 4. The summed E-state index contributed by atoms with van der Waals surface area (Å²) < 4.78 is 1.46. The van der Waals surface area contributed by atoms with Crippen molar-refractivity contribution in [3.63, 3.8) is 0 Å². The van der Waals surface area contributed by atoms with Crippen molar-refractivity contribution in [2.24, 2.45) is 7.05 Å². The lowest BCUT2D eigenvalue weighted by Crippen LogP contribution is -2.27. The van der Waals surface area contributed by atoms with Crippen molar-refractivity contribution >= 4 is 28.2 Å². The molecule has 0 spiro atoms. The SMILES string of the molecule is Cn1c(=O)c(C(=O)Nc2ccccc2)cc2cc(NCCO)ccc21. The van der Waals surface area contributed by atoms with Gasteiger partial charge in [-0.25, -0.2) is 0 Å². The lowest BCUT2D eigenvalue weighted by atomic mass is 10.1. The average Bonchev–Trinajstić information content (AvgIpc) is 2.63. The number of pyridine rings is 1. The number of fused-ring (bicyclic) bond motifs is 1. The van der Waals surface area contributed by atoms with Crippen molar-refractivity contribution in [2.75, 3.05) is 23.8 Å². The highest BCUT2D eigenvalue weighted by molar-refractivity contribution is 6.06. The Labute approximate surface area is 144 Å². The largest absolute Gasteiger partial charge is 0.395 e. The standard InChI is InChI=1S/C19H19N3O3/c1-22-17-8-7-15(20-9-10-23)11-13(17)12-16(19(22)25)18(24)21-14-5-3-2-4-6-14/h2-8,11-12,20,23H,9-10H2,1H3,(H,21,24). The molecule has 3 N–H and O–H groups in total. The Hall–Kier alpha value is -3.12. The maximum atomic E-state index is 12.5. The van der Waals surface area contributed by atoms with Crippen LogP contribution in [0, 0.1) is 0 Å². The number of amides is 1. The van der Waals surface area contributed by atoms with Gasteiger partial charge >= 0.3 is 0 Å². The quantitative estimate of drug-likeness (QED) is 0.666. The number of benzene rings is 2. The van der Waals surface area contributed by atoms with Crippen LogP contribution in [0.4, 0.5) is 11.4 Å². The van der Waals surface area contributed by atoms with Crippen LogP contribution in [0.3, 0.4) is 0 Å². The first-order chi connectivity index (χ1) is 12.1. The van der Waals surface area contributed by atoms with Crippen LogP contribution in [-0.4, -0.2) is 28.7 Å². The second-order valence-electron chi connectivity index (χ2n) is 5.67.